The van der Waals surface area contributed by atoms with Crippen LogP contribution >= 0.6 is 38.9 Å². The van der Waals surface area contributed by atoms with E-state index in [9.17, 15) is 4.79 Å². The summed E-state index contributed by atoms with van der Waals surface area (Å²) in [5.41, 5.74) is 1.28. The number of carbonyl (C=O) groups excluding carboxylic acids is 1. The molecule has 2 unspecified atom stereocenters. The van der Waals surface area contributed by atoms with Crippen LogP contribution in [-0.4, -0.2) is 41.9 Å². The molecule has 1 amide bonds. The predicted molar refractivity (Wildman–Crippen MR) is 106 cm³/mol. The van der Waals surface area contributed by atoms with Crippen LogP contribution in [0.25, 0.3) is 0 Å². The van der Waals surface area contributed by atoms with Gasteiger partial charge in [0.1, 0.15) is 0 Å². The summed E-state index contributed by atoms with van der Waals surface area (Å²) < 4.78 is 1.93. The number of rotatable bonds is 4. The zero-order valence-corrected chi connectivity index (χ0v) is 17.0. The summed E-state index contributed by atoms with van der Waals surface area (Å²) in [6.07, 6.45) is 0.989. The average molecular weight is 440 g/mol. The number of hydrogen-bond acceptors (Lipinski definition) is 3. The van der Waals surface area contributed by atoms with Gasteiger partial charge in [0.2, 0.25) is 5.91 Å². The summed E-state index contributed by atoms with van der Waals surface area (Å²) in [4.78, 5) is 18.5. The van der Waals surface area contributed by atoms with E-state index in [1.807, 2.05) is 12.1 Å². The lowest BCUT2D eigenvalue weighted by molar-refractivity contribution is -0.134. The van der Waals surface area contributed by atoms with E-state index in [4.69, 9.17) is 11.6 Å². The van der Waals surface area contributed by atoms with Crippen LogP contribution in [0.3, 0.4) is 0 Å². The van der Waals surface area contributed by atoms with Crippen LogP contribution in [0.1, 0.15) is 22.8 Å². The summed E-state index contributed by atoms with van der Waals surface area (Å²) in [5.74, 6) is 0.914. The number of benzene rings is 1. The minimum atomic E-state index is 0.178. The van der Waals surface area contributed by atoms with Crippen molar-refractivity contribution in [3.63, 3.8) is 0 Å². The van der Waals surface area contributed by atoms with Crippen LogP contribution < -0.4 is 0 Å². The maximum Gasteiger partial charge on any atom is 0.226 e. The van der Waals surface area contributed by atoms with Crippen LogP contribution in [0.15, 0.2) is 40.9 Å². The van der Waals surface area contributed by atoms with Crippen LogP contribution in [0, 0.1) is 5.92 Å². The van der Waals surface area contributed by atoms with E-state index in [1.165, 1.54) is 10.4 Å². The number of hydrogen-bond donors (Lipinski definition) is 0. The monoisotopic (exact) mass is 438 g/mol. The first-order valence-electron chi connectivity index (χ1n) is 8.61. The second-order valence-electron chi connectivity index (χ2n) is 6.81. The molecule has 25 heavy (non-hydrogen) atoms. The highest BCUT2D eigenvalue weighted by atomic mass is 79.9. The van der Waals surface area contributed by atoms with Gasteiger partial charge < -0.3 is 4.90 Å². The third-order valence-corrected chi connectivity index (χ3v) is 6.79. The van der Waals surface area contributed by atoms with Gasteiger partial charge in [-0.1, -0.05) is 39.7 Å². The van der Waals surface area contributed by atoms with E-state index < -0.39 is 0 Å². The minimum absolute atomic E-state index is 0.178. The highest BCUT2D eigenvalue weighted by Crippen LogP contribution is 2.49. The summed E-state index contributed by atoms with van der Waals surface area (Å²) in [5, 5.41) is 0. The Morgan fingerprint density at radius 2 is 2.00 bits per heavy atom. The maximum atomic E-state index is 12.8. The Hall–Kier alpha value is -0.880. The van der Waals surface area contributed by atoms with Crippen molar-refractivity contribution < 1.29 is 4.79 Å². The van der Waals surface area contributed by atoms with Gasteiger partial charge in [0.25, 0.3) is 0 Å². The van der Waals surface area contributed by atoms with Gasteiger partial charge in [-0.05, 0) is 42.2 Å². The second kappa shape index (κ2) is 7.39. The van der Waals surface area contributed by atoms with Gasteiger partial charge >= 0.3 is 0 Å². The molecule has 0 N–H and O–H groups in total. The van der Waals surface area contributed by atoms with Crippen LogP contribution in [0.5, 0.6) is 0 Å². The molecule has 132 valence electrons. The van der Waals surface area contributed by atoms with Gasteiger partial charge in [-0.2, -0.15) is 0 Å². The number of amides is 1. The molecule has 1 aliphatic heterocycles. The second-order valence-corrected chi connectivity index (χ2v) is 9.53. The molecule has 2 aliphatic rings. The largest absolute Gasteiger partial charge is 0.340 e. The zero-order chi connectivity index (χ0) is 17.4. The van der Waals surface area contributed by atoms with E-state index in [2.05, 4.69) is 50.0 Å². The summed E-state index contributed by atoms with van der Waals surface area (Å²) in [7, 11) is 0. The van der Waals surface area contributed by atoms with Gasteiger partial charge in [-0.3, -0.25) is 9.69 Å². The average Bonchev–Trinajstić information content (AvgIpc) is 3.31. The first-order valence-corrected chi connectivity index (χ1v) is 10.6. The molecular weight excluding hydrogens is 420 g/mol. The Morgan fingerprint density at radius 3 is 2.68 bits per heavy atom. The number of thiophene rings is 1. The van der Waals surface area contributed by atoms with Gasteiger partial charge in [0.15, 0.2) is 0 Å². The fourth-order valence-corrected chi connectivity index (χ4v) is 5.14. The third-order valence-electron chi connectivity index (χ3n) is 5.08. The first kappa shape index (κ1) is 17.5. The molecule has 0 bridgehead atoms. The highest BCUT2D eigenvalue weighted by molar-refractivity contribution is 9.10. The van der Waals surface area contributed by atoms with Gasteiger partial charge in [0.05, 0.1) is 4.34 Å². The number of nitrogens with zero attached hydrogens (tertiary/aromatic N) is 2. The number of carbonyl (C=O) groups is 1. The van der Waals surface area contributed by atoms with Crippen molar-refractivity contribution in [2.45, 2.75) is 18.9 Å². The van der Waals surface area contributed by atoms with Gasteiger partial charge in [-0.15, -0.1) is 11.3 Å². The Labute approximate surface area is 165 Å². The van der Waals surface area contributed by atoms with Crippen molar-refractivity contribution in [3.8, 4) is 0 Å². The molecule has 1 aliphatic carbocycles. The molecule has 2 heterocycles. The van der Waals surface area contributed by atoms with Crippen molar-refractivity contribution in [2.24, 2.45) is 5.92 Å². The Morgan fingerprint density at radius 1 is 1.20 bits per heavy atom. The van der Waals surface area contributed by atoms with E-state index in [0.717, 1.165) is 48.0 Å². The molecule has 3 nitrogen and oxygen atoms in total. The fraction of sp³-hybridized carbons (Fsp3) is 0.421. The standard InChI is InChI=1S/C19H20BrClN2OS/c20-14-3-1-2-13(10-14)16-11-17(16)19(24)23-8-6-22(7-9-23)12-15-4-5-18(21)25-15/h1-5,10,16-17H,6-9,11-12H2. The number of halogens is 2. The molecule has 6 heteroatoms. The van der Waals surface area contributed by atoms with Gasteiger partial charge in [-0.25, -0.2) is 0 Å². The molecule has 1 aromatic carbocycles. The Bertz CT molecular complexity index is 772. The molecular formula is C19H20BrClN2OS. The van der Waals surface area contributed by atoms with E-state index in [0.29, 0.717) is 11.8 Å². The van der Waals surface area contributed by atoms with Crippen molar-refractivity contribution in [1.82, 2.24) is 9.80 Å². The Kier molecular flexibility index (Phi) is 5.18. The highest BCUT2D eigenvalue weighted by Gasteiger charge is 2.46. The lowest BCUT2D eigenvalue weighted by atomic mass is 10.1. The molecule has 1 saturated heterocycles. The molecule has 2 aromatic rings. The van der Waals surface area contributed by atoms with Crippen LogP contribution in [0.2, 0.25) is 4.34 Å². The van der Waals surface area contributed by atoms with Crippen molar-refractivity contribution >= 4 is 44.8 Å². The molecule has 0 spiro atoms. The topological polar surface area (TPSA) is 23.6 Å². The van der Waals surface area contributed by atoms with Crippen LogP contribution in [0.4, 0.5) is 0 Å². The van der Waals surface area contributed by atoms with E-state index in [1.54, 1.807) is 11.3 Å². The van der Waals surface area contributed by atoms with Gasteiger partial charge in [0, 0.05) is 48.0 Å². The smallest absolute Gasteiger partial charge is 0.226 e. The predicted octanol–water partition coefficient (Wildman–Crippen LogP) is 4.61. The normalized spacial score (nSPS) is 23.7. The van der Waals surface area contributed by atoms with Crippen molar-refractivity contribution in [2.75, 3.05) is 26.2 Å². The van der Waals surface area contributed by atoms with E-state index >= 15 is 0 Å². The molecule has 2 atom stereocenters. The molecule has 1 saturated carbocycles. The fourth-order valence-electron chi connectivity index (χ4n) is 3.59. The lowest BCUT2D eigenvalue weighted by Crippen LogP contribution is -2.48. The van der Waals surface area contributed by atoms with Crippen LogP contribution in [-0.2, 0) is 11.3 Å². The molecule has 0 radical (unpaired) electrons. The molecule has 2 fully saturated rings. The summed E-state index contributed by atoms with van der Waals surface area (Å²) in [6.45, 7) is 4.48. The lowest BCUT2D eigenvalue weighted by Gasteiger charge is -2.34. The molecule has 4 rings (SSSR count). The first-order chi connectivity index (χ1) is 12.1. The van der Waals surface area contributed by atoms with E-state index in [-0.39, 0.29) is 5.92 Å². The quantitative estimate of drug-likeness (QED) is 0.694. The third kappa shape index (κ3) is 4.11. The minimum Gasteiger partial charge on any atom is -0.340 e. The molecule has 1 aromatic heterocycles. The number of piperazine rings is 1. The van der Waals surface area contributed by atoms with Crippen molar-refractivity contribution in [1.29, 1.82) is 0 Å². The summed E-state index contributed by atoms with van der Waals surface area (Å²) >= 11 is 11.2. The maximum absolute atomic E-state index is 12.8. The zero-order valence-electron chi connectivity index (χ0n) is 13.8. The Balaban J connectivity index is 1.29. The SMILES string of the molecule is O=C(C1CC1c1cccc(Br)c1)N1CCN(Cc2ccc(Cl)s2)CC1. The van der Waals surface area contributed by atoms with Crippen molar-refractivity contribution in [3.05, 3.63) is 55.6 Å². The summed E-state index contributed by atoms with van der Waals surface area (Å²) in [6, 6.07) is 12.4.